The molecule has 0 saturated carbocycles. The predicted octanol–water partition coefficient (Wildman–Crippen LogP) is 0.962. The van der Waals surface area contributed by atoms with Crippen molar-refractivity contribution in [2.75, 3.05) is 25.0 Å². The van der Waals surface area contributed by atoms with Crippen molar-refractivity contribution in [2.45, 2.75) is 25.3 Å². The molecule has 11 nitrogen and oxygen atoms in total. The minimum absolute atomic E-state index is 0. The van der Waals surface area contributed by atoms with Gasteiger partial charge in [-0.1, -0.05) is 12.5 Å². The summed E-state index contributed by atoms with van der Waals surface area (Å²) in [6.45, 7) is -0.0101. The number of halogens is 2. The number of guanidine groups is 1. The molecule has 1 aromatic heterocycles. The van der Waals surface area contributed by atoms with Crippen LogP contribution in [0.4, 0.5) is 14.5 Å². The van der Waals surface area contributed by atoms with Crippen molar-refractivity contribution in [3.8, 4) is 5.75 Å². The molecule has 0 spiro atoms. The summed E-state index contributed by atoms with van der Waals surface area (Å²) in [5.74, 6) is -5.65. The summed E-state index contributed by atoms with van der Waals surface area (Å²) in [6.07, 6.45) is 2.12. The first-order valence-corrected chi connectivity index (χ1v) is 10.4. The second kappa shape index (κ2) is 12.7. The number of hydrogen-bond acceptors (Lipinski definition) is 8. The van der Waals surface area contributed by atoms with Crippen LogP contribution in [0.25, 0.3) is 0 Å². The number of alkyl halides is 2. The molecule has 1 aliphatic rings. The smallest absolute Gasteiger partial charge is 0.304 e. The monoisotopic (exact) mass is 578 g/mol. The van der Waals surface area contributed by atoms with E-state index in [1.807, 2.05) is 0 Å². The molecular formula is C22H23F2N6O5Y-. The molecule has 1 atom stereocenters. The molecule has 2 aromatic rings. The van der Waals surface area contributed by atoms with Crippen LogP contribution in [0.1, 0.15) is 33.9 Å². The number of carboxylic acids is 1. The van der Waals surface area contributed by atoms with Crippen LogP contribution in [-0.2, 0) is 42.3 Å². The summed E-state index contributed by atoms with van der Waals surface area (Å²) < 4.78 is 26.3. The van der Waals surface area contributed by atoms with Crippen molar-refractivity contribution in [3.63, 3.8) is 0 Å². The molecule has 14 heteroatoms. The van der Waals surface area contributed by atoms with Gasteiger partial charge in [-0.25, -0.2) is 13.8 Å². The summed E-state index contributed by atoms with van der Waals surface area (Å²) in [4.78, 5) is 43.7. The number of aryl methyl sites for hydroxylation is 1. The van der Waals surface area contributed by atoms with E-state index in [2.05, 4.69) is 37.3 Å². The molecule has 6 N–H and O–H groups in total. The third-order valence-electron chi connectivity index (χ3n) is 4.84. The summed E-state index contributed by atoms with van der Waals surface area (Å²) >= 11 is 0. The molecule has 2 heterocycles. The van der Waals surface area contributed by atoms with Crippen LogP contribution in [0.3, 0.4) is 0 Å². The molecular weight excluding hydrogens is 555 g/mol. The van der Waals surface area contributed by atoms with Crippen LogP contribution < -0.4 is 21.3 Å². The van der Waals surface area contributed by atoms with Gasteiger partial charge in [0.05, 0.1) is 37.0 Å². The Balaban J connectivity index is 0.00000456. The van der Waals surface area contributed by atoms with Crippen LogP contribution in [0.2, 0.25) is 0 Å². The summed E-state index contributed by atoms with van der Waals surface area (Å²) in [5.41, 5.74) is 1.29. The quantitative estimate of drug-likeness (QED) is 0.252. The zero-order valence-corrected chi connectivity index (χ0v) is 22.0. The molecule has 0 fully saturated rings. The average Bonchev–Trinajstić information content (AvgIpc) is 2.80. The van der Waals surface area contributed by atoms with Gasteiger partial charge in [-0.05, 0) is 6.07 Å². The Morgan fingerprint density at radius 1 is 1.28 bits per heavy atom. The van der Waals surface area contributed by atoms with E-state index in [1.54, 1.807) is 6.92 Å². The Labute approximate surface area is 230 Å². The number of pyridine rings is 1. The Hall–Kier alpha value is -3.19. The summed E-state index contributed by atoms with van der Waals surface area (Å²) in [5, 5.41) is 29.3. The van der Waals surface area contributed by atoms with Crippen molar-refractivity contribution in [1.29, 1.82) is 0 Å². The Morgan fingerprint density at radius 3 is 2.69 bits per heavy atom. The average molecular weight is 578 g/mol. The number of aliphatic carboxylic acids is 1. The van der Waals surface area contributed by atoms with Crippen LogP contribution >= 0.6 is 0 Å². The molecule has 1 unspecified atom stereocenters. The topological polar surface area (TPSA) is 165 Å². The fraction of sp³-hybridized carbons (Fsp3) is 0.318. The molecule has 3 rings (SSSR count). The Kier molecular flexibility index (Phi) is 10.2. The number of nitrogens with one attached hydrogen (secondary N) is 4. The number of phenolic OH excluding ortho intramolecular Hbond substituents is 1. The second-order valence-corrected chi connectivity index (χ2v) is 7.84. The standard InChI is InChI=1S/C22H23F2N6O5.Y/c1-12-2-3-17(31)15(4-12)16(6-19(33)34)30-18(32)9-26-20(35)13-5-14(8-25-7-13)29-21-27-10-22(23,24)11-28-21;/h2,4-5,7-8,16,31H,6,9-11H2,1H3,(H,26,35)(H,30,32)(H,33,34)(H2,27,28,29);/q-1;. The third-order valence-corrected chi connectivity index (χ3v) is 4.84. The van der Waals surface area contributed by atoms with Gasteiger partial charge in [0.1, 0.15) is 6.54 Å². The van der Waals surface area contributed by atoms with Gasteiger partial charge in [0.2, 0.25) is 5.91 Å². The van der Waals surface area contributed by atoms with Gasteiger partial charge < -0.3 is 31.5 Å². The maximum Gasteiger partial charge on any atom is 0.304 e. The first-order valence-electron chi connectivity index (χ1n) is 10.4. The molecule has 0 bridgehead atoms. The SMILES string of the molecule is Cc1c[c-]c(O)c(C(CC(=O)O)NC(=O)CNC(=O)c2cncc(NC3=NCC(F)(F)CN3)c2)c1.[Y]. The number of rotatable bonds is 8. The number of carbonyl (C=O) groups excluding carboxylic acids is 2. The molecule has 1 aliphatic heterocycles. The normalized spacial score (nSPS) is 14.8. The van der Waals surface area contributed by atoms with Crippen molar-refractivity contribution < 1.29 is 66.1 Å². The number of anilines is 1. The van der Waals surface area contributed by atoms with E-state index in [4.69, 9.17) is 0 Å². The molecule has 189 valence electrons. The van der Waals surface area contributed by atoms with E-state index in [0.717, 1.165) is 0 Å². The predicted molar refractivity (Wildman–Crippen MR) is 120 cm³/mol. The van der Waals surface area contributed by atoms with E-state index in [0.29, 0.717) is 11.3 Å². The van der Waals surface area contributed by atoms with Gasteiger partial charge in [-0.15, -0.1) is 6.07 Å². The molecule has 0 aliphatic carbocycles. The fourth-order valence-electron chi connectivity index (χ4n) is 3.18. The molecule has 1 radical (unpaired) electrons. The van der Waals surface area contributed by atoms with Crippen LogP contribution in [0.15, 0.2) is 35.6 Å². The van der Waals surface area contributed by atoms with E-state index in [-0.39, 0.29) is 55.5 Å². The number of hydrogen-bond donors (Lipinski definition) is 6. The Morgan fingerprint density at radius 2 is 2.03 bits per heavy atom. The number of carboxylic acid groups (broad SMARTS) is 1. The first kappa shape index (κ1) is 29.0. The molecule has 0 saturated heterocycles. The molecule has 2 amide bonds. The maximum atomic E-state index is 13.2. The minimum Gasteiger partial charge on any atom is -0.534 e. The van der Waals surface area contributed by atoms with Crippen LogP contribution in [0.5, 0.6) is 5.75 Å². The third kappa shape index (κ3) is 8.49. The van der Waals surface area contributed by atoms with Crippen molar-refractivity contribution >= 4 is 29.4 Å². The minimum atomic E-state index is -2.94. The maximum absolute atomic E-state index is 13.2. The van der Waals surface area contributed by atoms with Gasteiger partial charge >= 0.3 is 5.97 Å². The van der Waals surface area contributed by atoms with Gasteiger partial charge in [-0.2, -0.15) is 17.7 Å². The van der Waals surface area contributed by atoms with Crippen LogP contribution in [0, 0.1) is 13.0 Å². The zero-order valence-electron chi connectivity index (χ0n) is 19.1. The van der Waals surface area contributed by atoms with E-state index < -0.39 is 55.8 Å². The number of amides is 2. The molecule has 36 heavy (non-hydrogen) atoms. The number of carbonyl (C=O) groups is 3. The van der Waals surface area contributed by atoms with E-state index in [1.165, 1.54) is 30.6 Å². The number of aromatic nitrogens is 1. The van der Waals surface area contributed by atoms with Crippen molar-refractivity contribution in [3.05, 3.63) is 53.3 Å². The van der Waals surface area contributed by atoms with E-state index >= 15 is 0 Å². The summed E-state index contributed by atoms with van der Waals surface area (Å²) in [6, 6.07) is 5.99. The van der Waals surface area contributed by atoms with E-state index in [9.17, 15) is 33.4 Å². The zero-order chi connectivity index (χ0) is 25.6. The van der Waals surface area contributed by atoms with Gasteiger partial charge in [0.25, 0.3) is 11.8 Å². The fourth-order valence-corrected chi connectivity index (χ4v) is 3.18. The number of aliphatic imine (C=N–C) groups is 1. The second-order valence-electron chi connectivity index (χ2n) is 7.84. The van der Waals surface area contributed by atoms with Gasteiger partial charge in [0.15, 0.2) is 5.96 Å². The largest absolute Gasteiger partial charge is 0.534 e. The van der Waals surface area contributed by atoms with Gasteiger partial charge in [0, 0.05) is 50.7 Å². The number of nitrogens with zero attached hydrogens (tertiary/aromatic N) is 2. The van der Waals surface area contributed by atoms with Gasteiger partial charge in [-0.3, -0.25) is 19.4 Å². The number of aromatic hydroxyl groups is 1. The van der Waals surface area contributed by atoms with Crippen molar-refractivity contribution in [2.24, 2.45) is 4.99 Å². The Bertz CT molecular complexity index is 1160. The number of benzene rings is 1. The first-order chi connectivity index (χ1) is 16.5. The van der Waals surface area contributed by atoms with Crippen molar-refractivity contribution in [1.82, 2.24) is 20.9 Å². The number of phenols is 1. The van der Waals surface area contributed by atoms with Crippen LogP contribution in [-0.4, -0.2) is 64.5 Å². The molecule has 1 aromatic carbocycles. The summed E-state index contributed by atoms with van der Waals surface area (Å²) in [7, 11) is 0.